The highest BCUT2D eigenvalue weighted by Gasteiger charge is 2.24. The Morgan fingerprint density at radius 1 is 1.58 bits per heavy atom. The lowest BCUT2D eigenvalue weighted by atomic mass is 10.1. The molecule has 0 aliphatic heterocycles. The first-order valence-corrected chi connectivity index (χ1v) is 3.83. The molecule has 0 radical (unpaired) electrons. The first-order valence-electron chi connectivity index (χ1n) is 3.83. The highest BCUT2D eigenvalue weighted by atomic mass is 16.5. The van der Waals surface area contributed by atoms with Gasteiger partial charge in [0, 0.05) is 5.54 Å². The topological polar surface area (TPSA) is 49.8 Å². The third-order valence-electron chi connectivity index (χ3n) is 2.01. The van der Waals surface area contributed by atoms with Crippen molar-refractivity contribution in [1.29, 1.82) is 0 Å². The lowest BCUT2D eigenvalue weighted by molar-refractivity contribution is -0.143. The van der Waals surface area contributed by atoms with E-state index in [0.717, 1.165) is 0 Å². The van der Waals surface area contributed by atoms with Crippen molar-refractivity contribution in [3.05, 3.63) is 0 Å². The van der Waals surface area contributed by atoms with Gasteiger partial charge in [0.2, 0.25) is 0 Å². The summed E-state index contributed by atoms with van der Waals surface area (Å²) in [5.41, 5.74) is -0.381. The van der Waals surface area contributed by atoms with Crippen LogP contribution in [0.1, 0.15) is 13.8 Å². The van der Waals surface area contributed by atoms with Crippen molar-refractivity contribution >= 4 is 5.97 Å². The fraction of sp³-hybridized carbons (Fsp3) is 0.875. The molecule has 0 atom stereocenters. The highest BCUT2D eigenvalue weighted by Crippen LogP contribution is 2.09. The van der Waals surface area contributed by atoms with E-state index in [0.29, 0.717) is 0 Å². The number of nitrogens with zero attached hydrogens (tertiary/aromatic N) is 1. The molecule has 0 saturated heterocycles. The molecule has 0 saturated carbocycles. The molecule has 0 aromatic rings. The number of aliphatic hydroxyl groups excluding tert-OH is 1. The van der Waals surface area contributed by atoms with Crippen LogP contribution in [-0.2, 0) is 9.53 Å². The fourth-order valence-electron chi connectivity index (χ4n) is 0.593. The van der Waals surface area contributed by atoms with Crippen molar-refractivity contribution in [2.75, 3.05) is 27.3 Å². The minimum Gasteiger partial charge on any atom is -0.468 e. The van der Waals surface area contributed by atoms with Crippen LogP contribution in [0.2, 0.25) is 0 Å². The summed E-state index contributed by atoms with van der Waals surface area (Å²) >= 11 is 0. The molecule has 0 rings (SSSR count). The predicted molar refractivity (Wildman–Crippen MR) is 45.8 cm³/mol. The van der Waals surface area contributed by atoms with Crippen LogP contribution in [0.15, 0.2) is 0 Å². The summed E-state index contributed by atoms with van der Waals surface area (Å²) in [5, 5.41) is 8.96. The van der Waals surface area contributed by atoms with Gasteiger partial charge < -0.3 is 9.84 Å². The van der Waals surface area contributed by atoms with E-state index in [1.807, 2.05) is 13.8 Å². The largest absolute Gasteiger partial charge is 0.468 e. The van der Waals surface area contributed by atoms with Crippen molar-refractivity contribution in [1.82, 2.24) is 4.90 Å². The maximum atomic E-state index is 10.8. The highest BCUT2D eigenvalue weighted by molar-refractivity contribution is 5.71. The average molecular weight is 175 g/mol. The summed E-state index contributed by atoms with van der Waals surface area (Å²) in [7, 11) is 3.12. The van der Waals surface area contributed by atoms with Crippen LogP contribution in [-0.4, -0.2) is 48.8 Å². The van der Waals surface area contributed by atoms with Crippen molar-refractivity contribution < 1.29 is 14.6 Å². The number of carbonyl (C=O) groups excluding carboxylic acids is 1. The number of likely N-dealkylation sites (N-methyl/N-ethyl adjacent to an activating group) is 1. The Morgan fingerprint density at radius 2 is 2.08 bits per heavy atom. The van der Waals surface area contributed by atoms with E-state index < -0.39 is 0 Å². The van der Waals surface area contributed by atoms with E-state index in [-0.39, 0.29) is 24.7 Å². The minimum absolute atomic E-state index is 0.0144. The molecule has 0 spiro atoms. The van der Waals surface area contributed by atoms with E-state index >= 15 is 0 Å². The maximum absolute atomic E-state index is 10.8. The maximum Gasteiger partial charge on any atom is 0.319 e. The van der Waals surface area contributed by atoms with Crippen LogP contribution in [0.3, 0.4) is 0 Å². The van der Waals surface area contributed by atoms with E-state index in [2.05, 4.69) is 4.74 Å². The quantitative estimate of drug-likeness (QED) is 0.604. The number of rotatable bonds is 4. The van der Waals surface area contributed by atoms with E-state index in [1.54, 1.807) is 11.9 Å². The Kier molecular flexibility index (Phi) is 4.20. The number of methoxy groups -OCH3 is 1. The van der Waals surface area contributed by atoms with Gasteiger partial charge in [-0.2, -0.15) is 0 Å². The molecule has 0 aromatic carbocycles. The first kappa shape index (κ1) is 11.4. The molecular formula is C8H17NO3. The Balaban J connectivity index is 4.02. The van der Waals surface area contributed by atoms with Gasteiger partial charge in [-0.15, -0.1) is 0 Å². The lowest BCUT2D eigenvalue weighted by Crippen LogP contribution is -2.46. The minimum atomic E-state index is -0.381. The Bertz CT molecular complexity index is 156. The number of esters is 1. The lowest BCUT2D eigenvalue weighted by Gasteiger charge is -2.32. The van der Waals surface area contributed by atoms with Gasteiger partial charge >= 0.3 is 5.97 Å². The standard InChI is InChI=1S/C8H17NO3/c1-8(2,6-10)9(3)5-7(11)12-4/h10H,5-6H2,1-4H3. The monoisotopic (exact) mass is 175 g/mol. The van der Waals surface area contributed by atoms with Gasteiger partial charge in [0.05, 0.1) is 20.3 Å². The zero-order chi connectivity index (χ0) is 9.78. The second kappa shape index (κ2) is 4.42. The van der Waals surface area contributed by atoms with Crippen LogP contribution in [0.4, 0.5) is 0 Å². The van der Waals surface area contributed by atoms with Gasteiger partial charge in [0.15, 0.2) is 0 Å². The molecule has 0 aliphatic rings. The molecule has 0 amide bonds. The van der Waals surface area contributed by atoms with Gasteiger partial charge in [-0.25, -0.2) is 0 Å². The van der Waals surface area contributed by atoms with Crippen LogP contribution >= 0.6 is 0 Å². The summed E-state index contributed by atoms with van der Waals surface area (Å²) in [5.74, 6) is -0.293. The molecule has 0 aliphatic carbocycles. The van der Waals surface area contributed by atoms with E-state index in [1.165, 1.54) is 7.11 Å². The summed E-state index contributed by atoms with van der Waals surface area (Å²) < 4.78 is 4.50. The average Bonchev–Trinajstić information content (AvgIpc) is 2.04. The summed E-state index contributed by atoms with van der Waals surface area (Å²) in [4.78, 5) is 12.6. The normalized spacial score (nSPS) is 11.8. The summed E-state index contributed by atoms with van der Waals surface area (Å²) in [6, 6.07) is 0. The molecular weight excluding hydrogens is 158 g/mol. The molecule has 12 heavy (non-hydrogen) atoms. The van der Waals surface area contributed by atoms with Crippen LogP contribution in [0.5, 0.6) is 0 Å². The molecule has 0 bridgehead atoms. The third kappa shape index (κ3) is 3.19. The summed E-state index contributed by atoms with van der Waals surface area (Å²) in [6.07, 6.45) is 0. The van der Waals surface area contributed by atoms with Crippen molar-refractivity contribution in [3.8, 4) is 0 Å². The van der Waals surface area contributed by atoms with Crippen LogP contribution < -0.4 is 0 Å². The Morgan fingerprint density at radius 3 is 2.42 bits per heavy atom. The van der Waals surface area contributed by atoms with Gasteiger partial charge in [-0.1, -0.05) is 0 Å². The molecule has 0 unspecified atom stereocenters. The Hall–Kier alpha value is -0.610. The second-order valence-electron chi connectivity index (χ2n) is 3.40. The molecule has 0 aromatic heterocycles. The number of ether oxygens (including phenoxy) is 1. The third-order valence-corrected chi connectivity index (χ3v) is 2.01. The molecule has 0 fully saturated rings. The molecule has 4 nitrogen and oxygen atoms in total. The van der Waals surface area contributed by atoms with Gasteiger partial charge in [0.25, 0.3) is 0 Å². The van der Waals surface area contributed by atoms with Crippen molar-refractivity contribution in [2.45, 2.75) is 19.4 Å². The van der Waals surface area contributed by atoms with Crippen LogP contribution in [0, 0.1) is 0 Å². The van der Waals surface area contributed by atoms with Crippen LogP contribution in [0.25, 0.3) is 0 Å². The van der Waals surface area contributed by atoms with Gasteiger partial charge in [-0.05, 0) is 20.9 Å². The zero-order valence-corrected chi connectivity index (χ0v) is 8.13. The zero-order valence-electron chi connectivity index (χ0n) is 8.13. The molecule has 72 valence electrons. The van der Waals surface area contributed by atoms with Crippen molar-refractivity contribution in [2.24, 2.45) is 0 Å². The Labute approximate surface area is 73.1 Å². The number of hydrogen-bond donors (Lipinski definition) is 1. The molecule has 0 heterocycles. The summed E-state index contributed by atoms with van der Waals surface area (Å²) in [6.45, 7) is 3.93. The fourth-order valence-corrected chi connectivity index (χ4v) is 0.593. The SMILES string of the molecule is COC(=O)CN(C)C(C)(C)CO. The number of aliphatic hydroxyl groups is 1. The number of carbonyl (C=O) groups is 1. The smallest absolute Gasteiger partial charge is 0.319 e. The van der Waals surface area contributed by atoms with E-state index in [9.17, 15) is 4.79 Å². The molecule has 1 N–H and O–H groups in total. The second-order valence-corrected chi connectivity index (χ2v) is 3.40. The molecule has 4 heteroatoms. The predicted octanol–water partition coefficient (Wildman–Crippen LogP) is -0.138. The first-order chi connectivity index (χ1) is 5.44. The van der Waals surface area contributed by atoms with Gasteiger partial charge in [-0.3, -0.25) is 9.69 Å². The van der Waals surface area contributed by atoms with Gasteiger partial charge in [0.1, 0.15) is 0 Å². The van der Waals surface area contributed by atoms with Crippen molar-refractivity contribution in [3.63, 3.8) is 0 Å². The van der Waals surface area contributed by atoms with E-state index in [4.69, 9.17) is 5.11 Å². The number of hydrogen-bond acceptors (Lipinski definition) is 4.